The molecule has 0 unspecified atom stereocenters. The van der Waals surface area contributed by atoms with E-state index in [-0.39, 0.29) is 5.82 Å². The van der Waals surface area contributed by atoms with Crippen molar-refractivity contribution in [2.75, 3.05) is 0 Å². The molecule has 2 aromatic heterocycles. The number of imidazole rings is 1. The lowest BCUT2D eigenvalue weighted by Crippen LogP contribution is -2.07. The maximum absolute atomic E-state index is 13.4. The Morgan fingerprint density at radius 1 is 1.19 bits per heavy atom. The van der Waals surface area contributed by atoms with Gasteiger partial charge in [0, 0.05) is 24.2 Å². The zero-order chi connectivity index (χ0) is 14.7. The largest absolute Gasteiger partial charge is 0.325 e. The van der Waals surface area contributed by atoms with Gasteiger partial charge < -0.3 is 4.57 Å². The zero-order valence-corrected chi connectivity index (χ0v) is 11.7. The van der Waals surface area contributed by atoms with E-state index in [0.717, 1.165) is 29.1 Å². The van der Waals surface area contributed by atoms with Crippen molar-refractivity contribution in [1.29, 1.82) is 0 Å². The Hall–Kier alpha value is -2.56. The number of hydrogen-bond donors (Lipinski definition) is 0. The fraction of sp³-hybridized carbons (Fsp3) is 0.188. The van der Waals surface area contributed by atoms with Crippen LogP contribution in [0.2, 0.25) is 0 Å². The third-order valence-corrected chi connectivity index (χ3v) is 3.39. The maximum atomic E-state index is 13.4. The molecule has 1 aromatic carbocycles. The summed E-state index contributed by atoms with van der Waals surface area (Å²) in [5.74, 6) is 0.456. The molecular formula is C16H15FN4. The molecule has 0 aliphatic carbocycles. The molecule has 3 rings (SSSR count). The highest BCUT2D eigenvalue weighted by Gasteiger charge is 2.10. The lowest BCUT2D eigenvalue weighted by Gasteiger charge is -2.10. The normalized spacial score (nSPS) is 10.8. The monoisotopic (exact) mass is 282 g/mol. The molecule has 4 nitrogen and oxygen atoms in total. The second kappa shape index (κ2) is 5.83. The number of rotatable bonds is 4. The minimum Gasteiger partial charge on any atom is -0.325 e. The molecule has 0 amide bonds. The molecule has 0 aliphatic heterocycles. The van der Waals surface area contributed by atoms with Gasteiger partial charge in [-0.25, -0.2) is 9.37 Å². The van der Waals surface area contributed by atoms with Gasteiger partial charge in [-0.2, -0.15) is 10.2 Å². The highest BCUT2D eigenvalue weighted by Crippen LogP contribution is 2.19. The standard InChI is InChI=1S/C16H15FN4/c1-2-12-6-7-19-20-15(12)11-21-9-8-18-16(21)13-4-3-5-14(17)10-13/h3-10H,2,11H2,1H3. The second-order valence-corrected chi connectivity index (χ2v) is 4.75. The molecule has 0 fully saturated rings. The molecule has 0 N–H and O–H groups in total. The molecule has 0 saturated carbocycles. The van der Waals surface area contributed by atoms with Crippen LogP contribution in [0.25, 0.3) is 11.4 Å². The number of halogens is 1. The van der Waals surface area contributed by atoms with Crippen LogP contribution >= 0.6 is 0 Å². The minimum absolute atomic E-state index is 0.268. The third-order valence-electron chi connectivity index (χ3n) is 3.39. The van der Waals surface area contributed by atoms with Crippen molar-refractivity contribution in [3.63, 3.8) is 0 Å². The van der Waals surface area contributed by atoms with Crippen molar-refractivity contribution in [3.8, 4) is 11.4 Å². The first-order valence-electron chi connectivity index (χ1n) is 6.84. The SMILES string of the molecule is CCc1ccnnc1Cn1ccnc1-c1cccc(F)c1. The number of nitrogens with zero attached hydrogens (tertiary/aromatic N) is 4. The number of benzene rings is 1. The van der Waals surface area contributed by atoms with Crippen LogP contribution in [0.5, 0.6) is 0 Å². The van der Waals surface area contributed by atoms with Crippen molar-refractivity contribution in [2.24, 2.45) is 0 Å². The Morgan fingerprint density at radius 3 is 2.90 bits per heavy atom. The molecule has 106 valence electrons. The Bertz CT molecular complexity index is 751. The molecule has 0 aliphatic rings. The van der Waals surface area contributed by atoms with E-state index in [9.17, 15) is 4.39 Å². The summed E-state index contributed by atoms with van der Waals surface area (Å²) in [5, 5.41) is 8.15. The Labute approximate surface area is 122 Å². The van der Waals surface area contributed by atoms with Crippen LogP contribution in [0.4, 0.5) is 4.39 Å². The fourth-order valence-corrected chi connectivity index (χ4v) is 2.33. The van der Waals surface area contributed by atoms with Crippen LogP contribution < -0.4 is 0 Å². The highest BCUT2D eigenvalue weighted by molar-refractivity contribution is 5.55. The van der Waals surface area contributed by atoms with Crippen LogP contribution in [-0.2, 0) is 13.0 Å². The maximum Gasteiger partial charge on any atom is 0.140 e. The molecule has 0 spiro atoms. The third kappa shape index (κ3) is 2.81. The number of aryl methyl sites for hydroxylation is 1. The van der Waals surface area contributed by atoms with Gasteiger partial charge in [0.25, 0.3) is 0 Å². The van der Waals surface area contributed by atoms with Gasteiger partial charge in [0.05, 0.1) is 12.2 Å². The summed E-state index contributed by atoms with van der Waals surface area (Å²) < 4.78 is 15.3. The van der Waals surface area contributed by atoms with E-state index in [1.54, 1.807) is 18.5 Å². The van der Waals surface area contributed by atoms with Crippen molar-refractivity contribution in [1.82, 2.24) is 19.7 Å². The van der Waals surface area contributed by atoms with E-state index in [2.05, 4.69) is 22.1 Å². The lowest BCUT2D eigenvalue weighted by molar-refractivity contribution is 0.628. The summed E-state index contributed by atoms with van der Waals surface area (Å²) >= 11 is 0. The first-order valence-corrected chi connectivity index (χ1v) is 6.84. The van der Waals surface area contributed by atoms with E-state index in [4.69, 9.17) is 0 Å². The summed E-state index contributed by atoms with van der Waals surface area (Å²) in [6.07, 6.45) is 6.18. The molecular weight excluding hydrogens is 267 g/mol. The zero-order valence-electron chi connectivity index (χ0n) is 11.7. The smallest absolute Gasteiger partial charge is 0.140 e. The Balaban J connectivity index is 1.96. The van der Waals surface area contributed by atoms with Gasteiger partial charge >= 0.3 is 0 Å². The summed E-state index contributed by atoms with van der Waals surface area (Å²) in [7, 11) is 0. The molecule has 3 aromatic rings. The van der Waals surface area contributed by atoms with Crippen molar-refractivity contribution in [2.45, 2.75) is 19.9 Å². The summed E-state index contributed by atoms with van der Waals surface area (Å²) in [5.41, 5.74) is 2.82. The highest BCUT2D eigenvalue weighted by atomic mass is 19.1. The molecule has 0 saturated heterocycles. The van der Waals surface area contributed by atoms with E-state index in [0.29, 0.717) is 6.54 Å². The lowest BCUT2D eigenvalue weighted by atomic mass is 10.1. The van der Waals surface area contributed by atoms with E-state index in [1.807, 2.05) is 22.9 Å². The average Bonchev–Trinajstić information content (AvgIpc) is 2.96. The van der Waals surface area contributed by atoms with Gasteiger partial charge in [-0.15, -0.1) is 0 Å². The van der Waals surface area contributed by atoms with Gasteiger partial charge in [-0.05, 0) is 30.2 Å². The number of aromatic nitrogens is 4. The molecule has 5 heteroatoms. The fourth-order valence-electron chi connectivity index (χ4n) is 2.33. The topological polar surface area (TPSA) is 43.6 Å². The van der Waals surface area contributed by atoms with E-state index >= 15 is 0 Å². The number of hydrogen-bond acceptors (Lipinski definition) is 3. The first-order chi connectivity index (χ1) is 10.3. The molecule has 0 radical (unpaired) electrons. The van der Waals surface area contributed by atoms with Gasteiger partial charge in [-0.1, -0.05) is 19.1 Å². The summed E-state index contributed by atoms with van der Waals surface area (Å²) in [6.45, 7) is 2.66. The quantitative estimate of drug-likeness (QED) is 0.738. The van der Waals surface area contributed by atoms with Crippen LogP contribution in [0.1, 0.15) is 18.2 Å². The van der Waals surface area contributed by atoms with Gasteiger partial charge in [-0.3, -0.25) is 0 Å². The molecule has 2 heterocycles. The van der Waals surface area contributed by atoms with E-state index in [1.165, 1.54) is 12.1 Å². The van der Waals surface area contributed by atoms with Crippen molar-refractivity contribution in [3.05, 3.63) is 66.0 Å². The van der Waals surface area contributed by atoms with Crippen molar-refractivity contribution >= 4 is 0 Å². The predicted molar refractivity (Wildman–Crippen MR) is 78.1 cm³/mol. The van der Waals surface area contributed by atoms with Gasteiger partial charge in [0.15, 0.2) is 0 Å². The summed E-state index contributed by atoms with van der Waals surface area (Å²) in [4.78, 5) is 4.33. The Kier molecular flexibility index (Phi) is 3.73. The van der Waals surface area contributed by atoms with Crippen LogP contribution in [0.3, 0.4) is 0 Å². The van der Waals surface area contributed by atoms with E-state index < -0.39 is 0 Å². The summed E-state index contributed by atoms with van der Waals surface area (Å²) in [6, 6.07) is 8.41. The average molecular weight is 282 g/mol. The molecule has 0 atom stereocenters. The van der Waals surface area contributed by atoms with Crippen molar-refractivity contribution < 1.29 is 4.39 Å². The molecule has 0 bridgehead atoms. The second-order valence-electron chi connectivity index (χ2n) is 4.75. The molecule has 21 heavy (non-hydrogen) atoms. The Morgan fingerprint density at radius 2 is 2.10 bits per heavy atom. The minimum atomic E-state index is -0.268. The first kappa shape index (κ1) is 13.4. The van der Waals surface area contributed by atoms with Crippen LogP contribution in [0.15, 0.2) is 48.9 Å². The van der Waals surface area contributed by atoms with Gasteiger partial charge in [0.2, 0.25) is 0 Å². The van der Waals surface area contributed by atoms with Crippen LogP contribution in [-0.4, -0.2) is 19.7 Å². The predicted octanol–water partition coefficient (Wildman–Crippen LogP) is 3.09. The van der Waals surface area contributed by atoms with Gasteiger partial charge in [0.1, 0.15) is 11.6 Å². The van der Waals surface area contributed by atoms with Crippen LogP contribution in [0, 0.1) is 5.82 Å².